The van der Waals surface area contributed by atoms with E-state index in [9.17, 15) is 9.59 Å². The Morgan fingerprint density at radius 2 is 2.03 bits per heavy atom. The predicted octanol–water partition coefficient (Wildman–Crippen LogP) is 3.17. The minimum atomic E-state index is -0.144. The topological polar surface area (TPSA) is 92.7 Å². The van der Waals surface area contributed by atoms with E-state index in [2.05, 4.69) is 36.2 Å². The summed E-state index contributed by atoms with van der Waals surface area (Å²) in [6, 6.07) is 13.3. The number of fused-ring (bicyclic) bond motifs is 2. The van der Waals surface area contributed by atoms with Crippen molar-refractivity contribution in [1.82, 2.24) is 24.8 Å². The Hall–Kier alpha value is -3.00. The number of hydrogen-bond acceptors (Lipinski definition) is 4. The van der Waals surface area contributed by atoms with Gasteiger partial charge in [-0.1, -0.05) is 28.1 Å². The molecule has 4 rings (SSSR count). The summed E-state index contributed by atoms with van der Waals surface area (Å²) in [5.74, 6) is 0.830. The highest BCUT2D eigenvalue weighted by atomic mass is 79.9. The van der Waals surface area contributed by atoms with E-state index < -0.39 is 0 Å². The normalized spacial score (nSPS) is 11.2. The number of nitrogens with zero attached hydrogens (tertiary/aromatic N) is 3. The van der Waals surface area contributed by atoms with Gasteiger partial charge in [0.2, 0.25) is 5.91 Å². The number of aromatic nitrogens is 4. The average Bonchev–Trinajstić information content (AvgIpc) is 3.14. The molecule has 148 valence electrons. The number of benzene rings is 2. The van der Waals surface area contributed by atoms with Crippen molar-refractivity contribution in [1.29, 1.82) is 0 Å². The van der Waals surface area contributed by atoms with Crippen LogP contribution in [0.25, 0.3) is 21.9 Å². The number of hydrogen-bond donors (Lipinski definition) is 2. The summed E-state index contributed by atoms with van der Waals surface area (Å²) < 4.78 is 2.30. The van der Waals surface area contributed by atoms with Gasteiger partial charge in [-0.15, -0.1) is 0 Å². The highest BCUT2D eigenvalue weighted by Crippen LogP contribution is 2.15. The maximum absolute atomic E-state index is 12.5. The van der Waals surface area contributed by atoms with Gasteiger partial charge in [-0.25, -0.2) is 9.97 Å². The maximum Gasteiger partial charge on any atom is 0.261 e. The van der Waals surface area contributed by atoms with Crippen LogP contribution in [0.2, 0.25) is 0 Å². The summed E-state index contributed by atoms with van der Waals surface area (Å²) in [4.78, 5) is 36.8. The van der Waals surface area contributed by atoms with Gasteiger partial charge in [-0.2, -0.15) is 0 Å². The Morgan fingerprint density at radius 3 is 2.90 bits per heavy atom. The molecular weight excluding hydrogens is 434 g/mol. The average molecular weight is 454 g/mol. The van der Waals surface area contributed by atoms with Crippen LogP contribution in [-0.4, -0.2) is 32.0 Å². The summed E-state index contributed by atoms with van der Waals surface area (Å²) in [5.41, 5.74) is 2.47. The first-order chi connectivity index (χ1) is 14.1. The molecule has 0 radical (unpaired) electrons. The number of para-hydroxylation sites is 2. The summed E-state index contributed by atoms with van der Waals surface area (Å²) >= 11 is 3.37. The van der Waals surface area contributed by atoms with Crippen molar-refractivity contribution in [3.8, 4) is 0 Å². The molecule has 0 atom stereocenters. The van der Waals surface area contributed by atoms with Gasteiger partial charge >= 0.3 is 0 Å². The predicted molar refractivity (Wildman–Crippen MR) is 116 cm³/mol. The number of amides is 1. The number of aromatic amines is 1. The second-order valence-electron chi connectivity index (χ2n) is 6.81. The Bertz CT molecular complexity index is 1200. The van der Waals surface area contributed by atoms with Gasteiger partial charge in [0.25, 0.3) is 5.56 Å². The molecule has 0 fully saturated rings. The molecule has 2 N–H and O–H groups in total. The molecule has 0 saturated carbocycles. The number of carbonyl (C=O) groups excluding carboxylic acids is 1. The molecule has 7 nitrogen and oxygen atoms in total. The molecule has 8 heteroatoms. The molecule has 0 aliphatic rings. The molecule has 4 aromatic rings. The van der Waals surface area contributed by atoms with Gasteiger partial charge in [0.1, 0.15) is 5.82 Å². The number of carbonyl (C=O) groups is 1. The van der Waals surface area contributed by atoms with Crippen molar-refractivity contribution in [2.75, 3.05) is 6.54 Å². The van der Waals surface area contributed by atoms with Gasteiger partial charge in [0.05, 0.1) is 28.3 Å². The summed E-state index contributed by atoms with van der Waals surface area (Å²) in [5, 5.41) is 3.43. The Kier molecular flexibility index (Phi) is 5.71. The largest absolute Gasteiger partial charge is 0.356 e. The van der Waals surface area contributed by atoms with Crippen LogP contribution in [-0.2, 0) is 17.8 Å². The second-order valence-corrected chi connectivity index (χ2v) is 7.72. The lowest BCUT2D eigenvalue weighted by atomic mass is 10.2. The molecule has 2 heterocycles. The minimum Gasteiger partial charge on any atom is -0.356 e. The van der Waals surface area contributed by atoms with Crippen LogP contribution in [0.5, 0.6) is 0 Å². The van der Waals surface area contributed by atoms with E-state index in [0.717, 1.165) is 34.2 Å². The van der Waals surface area contributed by atoms with Crippen molar-refractivity contribution < 1.29 is 4.79 Å². The van der Waals surface area contributed by atoms with Crippen LogP contribution >= 0.6 is 15.9 Å². The number of halogens is 1. The molecule has 0 aliphatic heterocycles. The molecular formula is C21H20BrN5O2. The first kappa shape index (κ1) is 19.3. The lowest BCUT2D eigenvalue weighted by Crippen LogP contribution is -2.28. The van der Waals surface area contributed by atoms with E-state index in [1.54, 1.807) is 12.1 Å². The minimum absolute atomic E-state index is 0.0872. The quantitative estimate of drug-likeness (QED) is 0.420. The van der Waals surface area contributed by atoms with Gasteiger partial charge in [0.15, 0.2) is 0 Å². The first-order valence-electron chi connectivity index (χ1n) is 9.45. The van der Waals surface area contributed by atoms with Crippen LogP contribution in [0, 0.1) is 0 Å². The Morgan fingerprint density at radius 1 is 1.17 bits per heavy atom. The zero-order valence-corrected chi connectivity index (χ0v) is 17.3. The summed E-state index contributed by atoms with van der Waals surface area (Å²) in [6.45, 7) is 0.859. The van der Waals surface area contributed by atoms with Crippen LogP contribution in [0.15, 0.2) is 58.1 Å². The number of aryl methyl sites for hydroxylation is 2. The smallest absolute Gasteiger partial charge is 0.261 e. The third-order valence-electron chi connectivity index (χ3n) is 4.72. The molecule has 29 heavy (non-hydrogen) atoms. The molecule has 1 amide bonds. The monoisotopic (exact) mass is 453 g/mol. The Balaban J connectivity index is 1.26. The molecule has 2 aromatic heterocycles. The van der Waals surface area contributed by atoms with Crippen LogP contribution < -0.4 is 10.9 Å². The zero-order valence-electron chi connectivity index (χ0n) is 15.7. The third kappa shape index (κ3) is 4.54. The maximum atomic E-state index is 12.5. The highest BCUT2D eigenvalue weighted by Gasteiger charge is 2.08. The molecule has 0 spiro atoms. The second kappa shape index (κ2) is 8.57. The standard InChI is InChI=1S/C21H20BrN5O2/c22-14-7-8-16-15(12-14)21(29)27(13-24-16)11-9-20(28)23-10-3-6-19-25-17-4-1-2-5-18(17)26-19/h1-2,4-5,7-8,12-13H,3,6,9-11H2,(H,23,28)(H,25,26). The third-order valence-corrected chi connectivity index (χ3v) is 5.21. The summed E-state index contributed by atoms with van der Waals surface area (Å²) in [6.07, 6.45) is 3.27. The van der Waals surface area contributed by atoms with Gasteiger partial charge < -0.3 is 10.3 Å². The van der Waals surface area contributed by atoms with Gasteiger partial charge in [-0.3, -0.25) is 14.2 Å². The van der Waals surface area contributed by atoms with Crippen LogP contribution in [0.3, 0.4) is 0 Å². The van der Waals surface area contributed by atoms with E-state index in [4.69, 9.17) is 0 Å². The fraction of sp³-hybridized carbons (Fsp3) is 0.238. The molecule has 0 saturated heterocycles. The highest BCUT2D eigenvalue weighted by molar-refractivity contribution is 9.10. The van der Waals surface area contributed by atoms with E-state index in [0.29, 0.717) is 24.0 Å². The Labute approximate surface area is 175 Å². The summed E-state index contributed by atoms with van der Waals surface area (Å²) in [7, 11) is 0. The zero-order chi connectivity index (χ0) is 20.2. The van der Waals surface area contributed by atoms with Crippen LogP contribution in [0.1, 0.15) is 18.7 Å². The van der Waals surface area contributed by atoms with Crippen molar-refractivity contribution in [3.63, 3.8) is 0 Å². The number of nitrogens with one attached hydrogen (secondary N) is 2. The molecule has 0 bridgehead atoms. The fourth-order valence-corrected chi connectivity index (χ4v) is 3.57. The van der Waals surface area contributed by atoms with Gasteiger partial charge in [0, 0.05) is 30.4 Å². The fourth-order valence-electron chi connectivity index (χ4n) is 3.21. The first-order valence-corrected chi connectivity index (χ1v) is 10.2. The lowest BCUT2D eigenvalue weighted by Gasteiger charge is -2.08. The SMILES string of the molecule is O=C(CCn1cnc2ccc(Br)cc2c1=O)NCCCc1nc2ccccc2[nH]1. The molecule has 2 aromatic carbocycles. The van der Waals surface area contributed by atoms with Crippen molar-refractivity contribution in [2.45, 2.75) is 25.8 Å². The molecule has 0 unspecified atom stereocenters. The van der Waals surface area contributed by atoms with E-state index >= 15 is 0 Å². The van der Waals surface area contributed by atoms with E-state index in [-0.39, 0.29) is 17.9 Å². The van der Waals surface area contributed by atoms with Crippen molar-refractivity contribution in [3.05, 3.63) is 69.4 Å². The number of rotatable bonds is 7. The van der Waals surface area contributed by atoms with Gasteiger partial charge in [-0.05, 0) is 36.8 Å². The lowest BCUT2D eigenvalue weighted by molar-refractivity contribution is -0.121. The van der Waals surface area contributed by atoms with Crippen molar-refractivity contribution >= 4 is 43.8 Å². The molecule has 0 aliphatic carbocycles. The number of H-pyrrole nitrogens is 1. The van der Waals surface area contributed by atoms with Crippen LogP contribution in [0.4, 0.5) is 0 Å². The van der Waals surface area contributed by atoms with E-state index in [1.807, 2.05) is 30.3 Å². The van der Waals surface area contributed by atoms with Crippen molar-refractivity contribution in [2.24, 2.45) is 0 Å². The number of imidazole rings is 1. The van der Waals surface area contributed by atoms with E-state index in [1.165, 1.54) is 10.9 Å².